The van der Waals surface area contributed by atoms with Crippen LogP contribution < -0.4 is 5.73 Å². The predicted octanol–water partition coefficient (Wildman–Crippen LogP) is 5.29. The van der Waals surface area contributed by atoms with Gasteiger partial charge in [0.1, 0.15) is 13.1 Å². The van der Waals surface area contributed by atoms with E-state index in [-0.39, 0.29) is 6.61 Å². The molecule has 1 aliphatic heterocycles. The second kappa shape index (κ2) is 21.6. The van der Waals surface area contributed by atoms with Crippen LogP contribution in [0, 0.1) is 5.92 Å². The highest BCUT2D eigenvalue weighted by Crippen LogP contribution is 2.24. The number of nitrogens with two attached hydrogens (primary N) is 1. The fourth-order valence-electron chi connectivity index (χ4n) is 4.78. The number of likely N-dealkylation sites (N-methyl/N-ethyl adjacent to an activating group) is 1. The third kappa shape index (κ3) is 16.8. The van der Waals surface area contributed by atoms with Crippen LogP contribution >= 0.6 is 0 Å². The van der Waals surface area contributed by atoms with Crippen LogP contribution in [0.25, 0.3) is 0 Å². The zero-order valence-corrected chi connectivity index (χ0v) is 23.5. The molecule has 34 heavy (non-hydrogen) atoms. The number of rotatable bonds is 20. The van der Waals surface area contributed by atoms with Gasteiger partial charge in [-0.25, -0.2) is 8.42 Å². The van der Waals surface area contributed by atoms with Crippen LogP contribution in [-0.2, 0) is 14.6 Å². The molecule has 0 saturated carbocycles. The molecule has 0 aliphatic carbocycles. The lowest BCUT2D eigenvalue weighted by Crippen LogP contribution is -2.37. The summed E-state index contributed by atoms with van der Waals surface area (Å²) in [5.74, 6) is 2.40. The molecule has 0 aromatic carbocycles. The van der Waals surface area contributed by atoms with Crippen molar-refractivity contribution in [2.45, 2.75) is 118 Å². The van der Waals surface area contributed by atoms with Gasteiger partial charge in [-0.15, -0.1) is 0 Å². The van der Waals surface area contributed by atoms with Gasteiger partial charge < -0.3 is 10.3 Å². The molecular formula is C26H55N3O4S. The molecule has 1 atom stereocenters. The minimum atomic E-state index is -4.42. The van der Waals surface area contributed by atoms with E-state index in [4.69, 9.17) is 5.73 Å². The van der Waals surface area contributed by atoms with E-state index in [1.165, 1.54) is 110 Å². The van der Waals surface area contributed by atoms with Gasteiger partial charge in [-0.3, -0.25) is 13.7 Å². The van der Waals surface area contributed by atoms with Gasteiger partial charge in [0.2, 0.25) is 16.2 Å². The predicted molar refractivity (Wildman–Crippen MR) is 142 cm³/mol. The molecular weight excluding hydrogens is 450 g/mol. The molecule has 0 radical (unpaired) electrons. The number of hydrogen-bond acceptors (Lipinski definition) is 6. The van der Waals surface area contributed by atoms with Gasteiger partial charge in [0.15, 0.2) is 0 Å². The quantitative estimate of drug-likeness (QED) is 0.104. The fourth-order valence-corrected chi connectivity index (χ4v) is 5.07. The molecule has 8 heteroatoms. The third-order valence-corrected chi connectivity index (χ3v) is 7.03. The summed E-state index contributed by atoms with van der Waals surface area (Å²) in [6.45, 7) is 13.6. The summed E-state index contributed by atoms with van der Waals surface area (Å²) >= 11 is 0. The lowest BCUT2D eigenvalue weighted by Gasteiger charge is -2.21. The molecule has 1 aliphatic rings. The van der Waals surface area contributed by atoms with E-state index < -0.39 is 10.4 Å². The van der Waals surface area contributed by atoms with Gasteiger partial charge in [-0.05, 0) is 26.7 Å². The summed E-state index contributed by atoms with van der Waals surface area (Å²) in [6.07, 6.45) is 19.6. The van der Waals surface area contributed by atoms with Gasteiger partial charge in [0.25, 0.3) is 0 Å². The van der Waals surface area contributed by atoms with Crippen LogP contribution in [0.15, 0.2) is 0 Å². The molecule has 7 nitrogen and oxygen atoms in total. The van der Waals surface area contributed by atoms with Crippen molar-refractivity contribution in [1.29, 1.82) is 0 Å². The molecule has 0 spiro atoms. The Morgan fingerprint density at radius 1 is 0.912 bits per heavy atom. The first-order valence-electron chi connectivity index (χ1n) is 14.0. The van der Waals surface area contributed by atoms with Crippen molar-refractivity contribution in [3.05, 3.63) is 0 Å². The summed E-state index contributed by atoms with van der Waals surface area (Å²) in [6, 6.07) is 0. The molecule has 0 bridgehead atoms. The SMILES string of the molecule is CCCCCCCCCC(CCCCCCC)C1=[N+](CCN)CCN1CC.CCOS(=O)(=O)[O-]. The van der Waals surface area contributed by atoms with Crippen molar-refractivity contribution in [3.63, 3.8) is 0 Å². The Hall–Kier alpha value is -0.700. The Kier molecular flexibility index (Phi) is 21.1. The van der Waals surface area contributed by atoms with Gasteiger partial charge in [-0.1, -0.05) is 90.9 Å². The van der Waals surface area contributed by atoms with E-state index in [1.807, 2.05) is 0 Å². The molecule has 0 amide bonds. The van der Waals surface area contributed by atoms with Crippen molar-refractivity contribution < 1.29 is 21.7 Å². The Morgan fingerprint density at radius 2 is 1.41 bits per heavy atom. The Labute approximate surface area is 211 Å². The molecule has 0 aromatic rings. The van der Waals surface area contributed by atoms with E-state index in [2.05, 4.69) is 34.4 Å². The summed E-state index contributed by atoms with van der Waals surface area (Å²) in [5.41, 5.74) is 5.92. The number of hydrogen-bond donors (Lipinski definition) is 1. The fraction of sp³-hybridized carbons (Fsp3) is 0.962. The summed E-state index contributed by atoms with van der Waals surface area (Å²) < 4.78 is 34.6. The van der Waals surface area contributed by atoms with E-state index >= 15 is 0 Å². The zero-order chi connectivity index (χ0) is 25.7. The van der Waals surface area contributed by atoms with Crippen molar-refractivity contribution in [3.8, 4) is 0 Å². The van der Waals surface area contributed by atoms with E-state index in [1.54, 1.807) is 5.84 Å². The van der Waals surface area contributed by atoms with Crippen molar-refractivity contribution >= 4 is 16.2 Å². The molecule has 1 heterocycles. The number of nitrogens with zero attached hydrogens (tertiary/aromatic N) is 2. The van der Waals surface area contributed by atoms with Crippen LogP contribution in [-0.4, -0.2) is 67.6 Å². The largest absolute Gasteiger partial charge is 0.726 e. The van der Waals surface area contributed by atoms with Crippen LogP contribution in [0.2, 0.25) is 0 Å². The molecule has 0 aromatic heterocycles. The first-order chi connectivity index (χ1) is 16.3. The lowest BCUT2D eigenvalue weighted by atomic mass is 9.92. The first kappa shape index (κ1) is 33.3. The molecule has 0 saturated heterocycles. The lowest BCUT2D eigenvalue weighted by molar-refractivity contribution is -0.517. The van der Waals surface area contributed by atoms with Crippen molar-refractivity contribution in [1.82, 2.24) is 4.90 Å². The van der Waals surface area contributed by atoms with Crippen LogP contribution in [0.5, 0.6) is 0 Å². The molecule has 1 unspecified atom stereocenters. The highest BCUT2D eigenvalue weighted by Gasteiger charge is 2.34. The zero-order valence-electron chi connectivity index (χ0n) is 22.7. The van der Waals surface area contributed by atoms with Crippen LogP contribution in [0.1, 0.15) is 118 Å². The minimum Gasteiger partial charge on any atom is -0.726 e. The van der Waals surface area contributed by atoms with Crippen LogP contribution in [0.4, 0.5) is 0 Å². The molecule has 2 N–H and O–H groups in total. The van der Waals surface area contributed by atoms with Crippen molar-refractivity contribution in [2.75, 3.05) is 39.3 Å². The monoisotopic (exact) mass is 505 g/mol. The Bertz CT molecular complexity index is 611. The number of amidine groups is 1. The first-order valence-corrected chi connectivity index (χ1v) is 15.3. The normalized spacial score (nSPS) is 14.9. The molecule has 1 rings (SSSR count). The standard InChI is InChI=1S/C24H50N3.C2H6O4S/c1-4-7-9-11-12-14-16-18-23(17-15-13-10-8-5-2)24-26(6-3)21-22-27(24)20-19-25;1-2-6-7(3,4)5/h23H,4-22,25H2,1-3H3;2H2,1H3,(H,3,4,5)/q+1;/p-1. The van der Waals surface area contributed by atoms with E-state index in [0.717, 1.165) is 25.6 Å². The second-order valence-electron chi connectivity index (χ2n) is 9.34. The molecule has 204 valence electrons. The maximum atomic E-state index is 9.45. The maximum absolute atomic E-state index is 9.45. The summed E-state index contributed by atoms with van der Waals surface area (Å²) in [4.78, 5) is 2.65. The molecule has 0 fully saturated rings. The number of unbranched alkanes of at least 4 members (excludes halogenated alkanes) is 10. The van der Waals surface area contributed by atoms with Gasteiger partial charge >= 0.3 is 0 Å². The third-order valence-electron chi connectivity index (χ3n) is 6.51. The highest BCUT2D eigenvalue weighted by molar-refractivity contribution is 7.80. The smallest absolute Gasteiger partial charge is 0.250 e. The average molecular weight is 506 g/mol. The average Bonchev–Trinajstić information content (AvgIpc) is 3.19. The second-order valence-corrected chi connectivity index (χ2v) is 10.4. The van der Waals surface area contributed by atoms with E-state index in [0.29, 0.717) is 0 Å². The Balaban J connectivity index is 0.00000135. The topological polar surface area (TPSA) is 98.7 Å². The summed E-state index contributed by atoms with van der Waals surface area (Å²) in [5, 5.41) is 0. The summed E-state index contributed by atoms with van der Waals surface area (Å²) in [7, 11) is -4.42. The van der Waals surface area contributed by atoms with Crippen molar-refractivity contribution in [2.24, 2.45) is 11.7 Å². The van der Waals surface area contributed by atoms with Crippen LogP contribution in [0.3, 0.4) is 0 Å². The van der Waals surface area contributed by atoms with E-state index in [9.17, 15) is 13.0 Å². The van der Waals surface area contributed by atoms with Gasteiger partial charge in [0.05, 0.1) is 25.6 Å². The highest BCUT2D eigenvalue weighted by atomic mass is 32.3. The van der Waals surface area contributed by atoms with Gasteiger partial charge in [0, 0.05) is 6.54 Å². The minimum absolute atomic E-state index is 0.0914. The maximum Gasteiger partial charge on any atom is 0.250 e. The van der Waals surface area contributed by atoms with Gasteiger partial charge in [-0.2, -0.15) is 0 Å². The Morgan fingerprint density at radius 3 is 1.79 bits per heavy atom.